The summed E-state index contributed by atoms with van der Waals surface area (Å²) >= 11 is 5.82. The van der Waals surface area contributed by atoms with E-state index in [0.717, 1.165) is 5.56 Å². The largest absolute Gasteiger partial charge is 0.336 e. The van der Waals surface area contributed by atoms with Gasteiger partial charge in [0.25, 0.3) is 0 Å². The monoisotopic (exact) mass is 345 g/mol. The van der Waals surface area contributed by atoms with Gasteiger partial charge in [0.2, 0.25) is 5.91 Å². The predicted molar refractivity (Wildman–Crippen MR) is 97.5 cm³/mol. The summed E-state index contributed by atoms with van der Waals surface area (Å²) in [5, 5.41) is 8.92. The van der Waals surface area contributed by atoms with Crippen LogP contribution in [0, 0.1) is 0 Å². The lowest BCUT2D eigenvalue weighted by molar-refractivity contribution is -0.115. The van der Waals surface area contributed by atoms with E-state index in [2.05, 4.69) is 16.0 Å². The van der Waals surface area contributed by atoms with E-state index >= 15 is 0 Å². The van der Waals surface area contributed by atoms with Crippen LogP contribution in [0.1, 0.15) is 19.4 Å². The van der Waals surface area contributed by atoms with Crippen molar-refractivity contribution in [2.75, 3.05) is 10.6 Å². The molecule has 0 unspecified atom stereocenters. The third kappa shape index (κ3) is 5.93. The van der Waals surface area contributed by atoms with Gasteiger partial charge < -0.3 is 16.0 Å². The highest BCUT2D eigenvalue weighted by atomic mass is 35.5. The predicted octanol–water partition coefficient (Wildman–Crippen LogP) is 4.05. The van der Waals surface area contributed by atoms with E-state index in [1.807, 2.05) is 26.0 Å². The molecule has 2 rings (SSSR count). The maximum Gasteiger partial charge on any atom is 0.319 e. The fourth-order valence-corrected chi connectivity index (χ4v) is 2.19. The standard InChI is InChI=1S/C18H20ClN3O2/c1-12(2)20-18(24)22-16-9-7-15(8-10-16)21-17(23)11-13-3-5-14(19)6-4-13/h3-10,12H,11H2,1-2H3,(H,21,23)(H2,20,22,24). The van der Waals surface area contributed by atoms with Gasteiger partial charge in [0.05, 0.1) is 6.42 Å². The second-order valence-electron chi connectivity index (χ2n) is 5.68. The van der Waals surface area contributed by atoms with Gasteiger partial charge in [0, 0.05) is 22.4 Å². The zero-order chi connectivity index (χ0) is 17.5. The van der Waals surface area contributed by atoms with E-state index in [1.54, 1.807) is 36.4 Å². The number of anilines is 2. The quantitative estimate of drug-likeness (QED) is 0.765. The third-order valence-electron chi connectivity index (χ3n) is 3.12. The normalized spacial score (nSPS) is 10.3. The average Bonchev–Trinajstić information content (AvgIpc) is 2.51. The molecule has 3 amide bonds. The number of benzene rings is 2. The smallest absolute Gasteiger partial charge is 0.319 e. The molecule has 0 saturated heterocycles. The first-order valence-corrected chi connectivity index (χ1v) is 8.02. The second kappa shape index (κ2) is 8.36. The molecule has 0 aromatic heterocycles. The molecule has 0 fully saturated rings. The summed E-state index contributed by atoms with van der Waals surface area (Å²) in [4.78, 5) is 23.6. The number of hydrogen-bond donors (Lipinski definition) is 3. The van der Waals surface area contributed by atoms with E-state index in [4.69, 9.17) is 11.6 Å². The van der Waals surface area contributed by atoms with Crippen molar-refractivity contribution in [3.8, 4) is 0 Å². The Labute approximate surface area is 146 Å². The zero-order valence-corrected chi connectivity index (χ0v) is 14.4. The van der Waals surface area contributed by atoms with Crippen LogP contribution < -0.4 is 16.0 Å². The minimum atomic E-state index is -0.260. The summed E-state index contributed by atoms with van der Waals surface area (Å²) in [5.74, 6) is -0.115. The van der Waals surface area contributed by atoms with E-state index in [0.29, 0.717) is 16.4 Å². The maximum absolute atomic E-state index is 12.0. The second-order valence-corrected chi connectivity index (χ2v) is 6.12. The summed E-state index contributed by atoms with van der Waals surface area (Å²) in [6, 6.07) is 13.9. The van der Waals surface area contributed by atoms with Gasteiger partial charge in [0.1, 0.15) is 0 Å². The van der Waals surface area contributed by atoms with E-state index < -0.39 is 0 Å². The van der Waals surface area contributed by atoms with Gasteiger partial charge in [-0.3, -0.25) is 4.79 Å². The molecule has 0 aliphatic carbocycles. The molecule has 0 aliphatic heterocycles. The number of hydrogen-bond acceptors (Lipinski definition) is 2. The van der Waals surface area contributed by atoms with Crippen LogP contribution in [0.4, 0.5) is 16.2 Å². The van der Waals surface area contributed by atoms with Gasteiger partial charge >= 0.3 is 6.03 Å². The fraction of sp³-hybridized carbons (Fsp3) is 0.222. The Morgan fingerprint density at radius 3 is 2.00 bits per heavy atom. The molecular weight excluding hydrogens is 326 g/mol. The number of halogens is 1. The van der Waals surface area contributed by atoms with Gasteiger partial charge in [-0.15, -0.1) is 0 Å². The molecule has 2 aromatic rings. The molecule has 0 spiro atoms. The Bertz CT molecular complexity index is 697. The molecule has 0 bridgehead atoms. The first-order valence-electron chi connectivity index (χ1n) is 7.64. The molecule has 126 valence electrons. The van der Waals surface area contributed by atoms with Crippen molar-refractivity contribution in [1.82, 2.24) is 5.32 Å². The number of carbonyl (C=O) groups excluding carboxylic acids is 2. The minimum absolute atomic E-state index is 0.0661. The Hall–Kier alpha value is -2.53. The van der Waals surface area contributed by atoms with Crippen LogP contribution in [0.5, 0.6) is 0 Å². The van der Waals surface area contributed by atoms with Crippen molar-refractivity contribution < 1.29 is 9.59 Å². The Morgan fingerprint density at radius 2 is 1.46 bits per heavy atom. The molecule has 0 atom stereocenters. The van der Waals surface area contributed by atoms with Crippen LogP contribution in [0.25, 0.3) is 0 Å². The Balaban J connectivity index is 1.87. The number of urea groups is 1. The topological polar surface area (TPSA) is 70.2 Å². The zero-order valence-electron chi connectivity index (χ0n) is 13.6. The number of amides is 3. The number of carbonyl (C=O) groups is 2. The van der Waals surface area contributed by atoms with Gasteiger partial charge in [-0.2, -0.15) is 0 Å². The summed E-state index contributed by atoms with van der Waals surface area (Å²) in [7, 11) is 0. The Morgan fingerprint density at radius 1 is 0.917 bits per heavy atom. The van der Waals surface area contributed by atoms with Crippen LogP contribution in [-0.2, 0) is 11.2 Å². The molecule has 0 radical (unpaired) electrons. The van der Waals surface area contributed by atoms with E-state index in [1.165, 1.54) is 0 Å². The van der Waals surface area contributed by atoms with Crippen molar-refractivity contribution in [2.24, 2.45) is 0 Å². The first-order chi connectivity index (χ1) is 11.4. The molecule has 0 saturated carbocycles. The Kier molecular flexibility index (Phi) is 6.21. The van der Waals surface area contributed by atoms with Crippen LogP contribution >= 0.6 is 11.6 Å². The van der Waals surface area contributed by atoms with E-state index in [-0.39, 0.29) is 24.4 Å². The third-order valence-corrected chi connectivity index (χ3v) is 3.38. The summed E-state index contributed by atoms with van der Waals surface area (Å²) < 4.78 is 0. The van der Waals surface area contributed by atoms with Crippen LogP contribution in [0.3, 0.4) is 0 Å². The molecule has 3 N–H and O–H groups in total. The summed E-state index contributed by atoms with van der Waals surface area (Å²) in [5.41, 5.74) is 2.22. The van der Waals surface area contributed by atoms with Crippen molar-refractivity contribution in [2.45, 2.75) is 26.3 Å². The maximum atomic E-state index is 12.0. The van der Waals surface area contributed by atoms with Crippen molar-refractivity contribution in [1.29, 1.82) is 0 Å². The molecule has 0 aliphatic rings. The van der Waals surface area contributed by atoms with Crippen molar-refractivity contribution >= 4 is 34.9 Å². The number of nitrogens with one attached hydrogen (secondary N) is 3. The van der Waals surface area contributed by atoms with Gasteiger partial charge in [-0.25, -0.2) is 4.79 Å². The highest BCUT2D eigenvalue weighted by molar-refractivity contribution is 6.30. The molecule has 24 heavy (non-hydrogen) atoms. The fourth-order valence-electron chi connectivity index (χ4n) is 2.06. The molecule has 6 heteroatoms. The average molecular weight is 346 g/mol. The van der Waals surface area contributed by atoms with Crippen LogP contribution in [-0.4, -0.2) is 18.0 Å². The molecule has 0 heterocycles. The van der Waals surface area contributed by atoms with Gasteiger partial charge in [0.15, 0.2) is 0 Å². The number of rotatable bonds is 5. The lowest BCUT2D eigenvalue weighted by Gasteiger charge is -2.11. The van der Waals surface area contributed by atoms with Crippen molar-refractivity contribution in [3.05, 3.63) is 59.1 Å². The summed E-state index contributed by atoms with van der Waals surface area (Å²) in [6.45, 7) is 3.78. The van der Waals surface area contributed by atoms with Gasteiger partial charge in [-0.1, -0.05) is 23.7 Å². The highest BCUT2D eigenvalue weighted by Crippen LogP contribution is 2.15. The SMILES string of the molecule is CC(C)NC(=O)Nc1ccc(NC(=O)Cc2ccc(Cl)cc2)cc1. The molecular formula is C18H20ClN3O2. The van der Waals surface area contributed by atoms with Crippen LogP contribution in [0.2, 0.25) is 5.02 Å². The van der Waals surface area contributed by atoms with Gasteiger partial charge in [-0.05, 0) is 55.8 Å². The van der Waals surface area contributed by atoms with Crippen LogP contribution in [0.15, 0.2) is 48.5 Å². The first kappa shape index (κ1) is 17.8. The lowest BCUT2D eigenvalue weighted by atomic mass is 10.1. The molecule has 2 aromatic carbocycles. The minimum Gasteiger partial charge on any atom is -0.336 e. The lowest BCUT2D eigenvalue weighted by Crippen LogP contribution is -2.34. The highest BCUT2D eigenvalue weighted by Gasteiger charge is 2.06. The molecule has 5 nitrogen and oxygen atoms in total. The van der Waals surface area contributed by atoms with Crippen molar-refractivity contribution in [3.63, 3.8) is 0 Å². The van der Waals surface area contributed by atoms with E-state index in [9.17, 15) is 9.59 Å². The summed E-state index contributed by atoms with van der Waals surface area (Å²) in [6.07, 6.45) is 0.272.